The highest BCUT2D eigenvalue weighted by atomic mass is 19.4. The maximum atomic E-state index is 13.1. The summed E-state index contributed by atoms with van der Waals surface area (Å²) in [4.78, 5) is 36.2. The summed E-state index contributed by atoms with van der Waals surface area (Å²) < 4.78 is 53.5. The molecule has 0 saturated carbocycles. The van der Waals surface area contributed by atoms with E-state index in [1.54, 1.807) is 19.1 Å². The smallest absolute Gasteiger partial charge is 0.436 e. The molecule has 0 aliphatic carbocycles. The van der Waals surface area contributed by atoms with Gasteiger partial charge in [0.05, 0.1) is 17.7 Å². The summed E-state index contributed by atoms with van der Waals surface area (Å²) in [5.41, 5.74) is 1.20. The van der Waals surface area contributed by atoms with Gasteiger partial charge in [-0.1, -0.05) is 45.2 Å². The molecule has 0 aromatic heterocycles. The molecule has 0 radical (unpaired) electrons. The van der Waals surface area contributed by atoms with Crippen LogP contribution >= 0.6 is 0 Å². The number of esters is 3. The molecule has 0 aliphatic rings. The third kappa shape index (κ3) is 9.07. The number of carbonyl (C=O) groups excluding carboxylic acids is 3. The zero-order valence-electron chi connectivity index (χ0n) is 19.7. The van der Waals surface area contributed by atoms with E-state index in [4.69, 9.17) is 4.74 Å². The zero-order valence-corrected chi connectivity index (χ0v) is 19.7. The largest absolute Gasteiger partial charge is 0.463 e. The topological polar surface area (TPSA) is 78.9 Å². The Kier molecular flexibility index (Phi) is 10.8. The lowest BCUT2D eigenvalue weighted by atomic mass is 10.0. The fourth-order valence-electron chi connectivity index (χ4n) is 3.09. The second kappa shape index (κ2) is 13.5. The maximum absolute atomic E-state index is 13.1. The van der Waals surface area contributed by atoms with Crippen molar-refractivity contribution in [1.82, 2.24) is 0 Å². The molecule has 0 heterocycles. The number of aryl methyl sites for hydroxylation is 1. The van der Waals surface area contributed by atoms with Gasteiger partial charge < -0.3 is 14.2 Å². The molecule has 1 atom stereocenters. The molecule has 2 aromatic carbocycles. The van der Waals surface area contributed by atoms with E-state index in [-0.39, 0.29) is 17.9 Å². The number of unbranched alkanes of at least 4 members (excludes halogenated alkanes) is 3. The number of carbonyl (C=O) groups is 3. The molecule has 0 bridgehead atoms. The van der Waals surface area contributed by atoms with Crippen LogP contribution in [0.5, 0.6) is 5.75 Å². The molecule has 0 N–H and O–H groups in total. The van der Waals surface area contributed by atoms with E-state index in [1.807, 2.05) is 12.1 Å². The Labute approximate surface area is 202 Å². The molecule has 35 heavy (non-hydrogen) atoms. The van der Waals surface area contributed by atoms with Crippen LogP contribution in [0.3, 0.4) is 0 Å². The fraction of sp³-hybridized carbons (Fsp3) is 0.423. The maximum Gasteiger partial charge on any atom is 0.436 e. The number of benzene rings is 2. The van der Waals surface area contributed by atoms with Crippen LogP contribution in [0.1, 0.15) is 72.2 Å². The van der Waals surface area contributed by atoms with Gasteiger partial charge in [0.25, 0.3) is 6.10 Å². The van der Waals surface area contributed by atoms with Crippen molar-refractivity contribution in [1.29, 1.82) is 0 Å². The Hall–Kier alpha value is -3.36. The Bertz CT molecular complexity index is 968. The highest BCUT2D eigenvalue weighted by Crippen LogP contribution is 2.25. The van der Waals surface area contributed by atoms with Gasteiger partial charge in [0, 0.05) is 0 Å². The molecule has 9 heteroatoms. The first-order valence-electron chi connectivity index (χ1n) is 11.5. The summed E-state index contributed by atoms with van der Waals surface area (Å²) >= 11 is 0. The molecule has 2 rings (SSSR count). The van der Waals surface area contributed by atoms with Gasteiger partial charge in [0.1, 0.15) is 5.75 Å². The highest BCUT2D eigenvalue weighted by Gasteiger charge is 2.49. The number of rotatable bonds is 12. The van der Waals surface area contributed by atoms with Crippen LogP contribution in [0.2, 0.25) is 0 Å². The lowest BCUT2D eigenvalue weighted by Crippen LogP contribution is -2.42. The second-order valence-electron chi connectivity index (χ2n) is 7.92. The summed E-state index contributed by atoms with van der Waals surface area (Å²) in [6, 6.07) is 11.8. The summed E-state index contributed by atoms with van der Waals surface area (Å²) in [5, 5.41) is 0. The molecule has 190 valence electrons. The lowest BCUT2D eigenvalue weighted by Gasteiger charge is -2.19. The number of halogens is 3. The second-order valence-corrected chi connectivity index (χ2v) is 7.92. The summed E-state index contributed by atoms with van der Waals surface area (Å²) in [6.07, 6.45) is -2.33. The van der Waals surface area contributed by atoms with E-state index in [9.17, 15) is 27.6 Å². The minimum absolute atomic E-state index is 0.0879. The van der Waals surface area contributed by atoms with Crippen LogP contribution in [0.15, 0.2) is 48.5 Å². The third-order valence-electron chi connectivity index (χ3n) is 4.99. The van der Waals surface area contributed by atoms with Crippen LogP contribution in [0.25, 0.3) is 0 Å². The van der Waals surface area contributed by atoms with Crippen molar-refractivity contribution in [3.05, 3.63) is 65.2 Å². The molecular weight excluding hydrogens is 465 g/mol. The van der Waals surface area contributed by atoms with Gasteiger partial charge in [0.15, 0.2) is 0 Å². The molecule has 0 saturated heterocycles. The van der Waals surface area contributed by atoms with Gasteiger partial charge in [-0.25, -0.2) is 14.4 Å². The third-order valence-corrected chi connectivity index (χ3v) is 4.99. The average Bonchev–Trinajstić information content (AvgIpc) is 2.83. The van der Waals surface area contributed by atoms with Gasteiger partial charge in [0.2, 0.25) is 0 Å². The number of hydrogen-bond donors (Lipinski definition) is 0. The number of alkyl halides is 3. The van der Waals surface area contributed by atoms with Crippen LogP contribution in [-0.4, -0.2) is 36.8 Å². The minimum Gasteiger partial charge on any atom is -0.463 e. The van der Waals surface area contributed by atoms with Crippen LogP contribution < -0.4 is 4.74 Å². The highest BCUT2D eigenvalue weighted by molar-refractivity contribution is 5.93. The van der Waals surface area contributed by atoms with Crippen molar-refractivity contribution >= 4 is 17.9 Å². The Morgan fingerprint density at radius 2 is 1.40 bits per heavy atom. The fourth-order valence-corrected chi connectivity index (χ4v) is 3.09. The van der Waals surface area contributed by atoms with Crippen molar-refractivity contribution in [2.75, 3.05) is 6.61 Å². The van der Waals surface area contributed by atoms with E-state index in [0.717, 1.165) is 43.4 Å². The minimum atomic E-state index is -5.12. The van der Waals surface area contributed by atoms with Gasteiger partial charge >= 0.3 is 24.1 Å². The van der Waals surface area contributed by atoms with Crippen molar-refractivity contribution in [3.63, 3.8) is 0 Å². The number of ether oxygens (including phenoxy) is 3. The summed E-state index contributed by atoms with van der Waals surface area (Å²) in [7, 11) is 0. The molecule has 6 nitrogen and oxygen atoms in total. The van der Waals surface area contributed by atoms with E-state index >= 15 is 0 Å². The van der Waals surface area contributed by atoms with Gasteiger partial charge in [-0.2, -0.15) is 13.2 Å². The molecule has 0 amide bonds. The molecule has 0 spiro atoms. The van der Waals surface area contributed by atoms with E-state index < -0.39 is 30.2 Å². The normalized spacial score (nSPS) is 12.0. The Balaban J connectivity index is 1.96. The monoisotopic (exact) mass is 494 g/mol. The standard InChI is InChI=1S/C26H29F3O6/c1-3-5-6-7-8-18-9-11-19(12-10-18)23(30)34-21-15-13-20(14-16-21)24(31)35-22(26(27,28)29)25(32)33-17-4-2/h9-16,22H,3-8,17H2,1-2H3. The van der Waals surface area contributed by atoms with Gasteiger partial charge in [-0.05, 0) is 61.2 Å². The van der Waals surface area contributed by atoms with Crippen LogP contribution in [-0.2, 0) is 20.7 Å². The van der Waals surface area contributed by atoms with Crippen molar-refractivity contribution in [2.24, 2.45) is 0 Å². The molecular formula is C26H29F3O6. The van der Waals surface area contributed by atoms with E-state index in [0.29, 0.717) is 12.0 Å². The quantitative estimate of drug-likeness (QED) is 0.202. The first kappa shape index (κ1) is 27.9. The van der Waals surface area contributed by atoms with Gasteiger partial charge in [-0.3, -0.25) is 0 Å². The van der Waals surface area contributed by atoms with Crippen molar-refractivity contribution in [3.8, 4) is 5.75 Å². The van der Waals surface area contributed by atoms with E-state index in [1.165, 1.54) is 18.6 Å². The van der Waals surface area contributed by atoms with Crippen molar-refractivity contribution < 1.29 is 41.8 Å². The zero-order chi connectivity index (χ0) is 25.8. The lowest BCUT2D eigenvalue weighted by molar-refractivity contribution is -0.218. The van der Waals surface area contributed by atoms with E-state index in [2.05, 4.69) is 16.4 Å². The SMILES string of the molecule is CCCCCCc1ccc(C(=O)Oc2ccc(C(=O)OC(C(=O)OCCC)C(F)(F)F)cc2)cc1. The van der Waals surface area contributed by atoms with Crippen molar-refractivity contribution in [2.45, 2.75) is 64.7 Å². The average molecular weight is 495 g/mol. The van der Waals surface area contributed by atoms with Crippen LogP contribution in [0.4, 0.5) is 13.2 Å². The summed E-state index contributed by atoms with van der Waals surface area (Å²) in [5.74, 6) is -3.59. The van der Waals surface area contributed by atoms with Gasteiger partial charge in [-0.15, -0.1) is 0 Å². The predicted octanol–water partition coefficient (Wildman–Crippen LogP) is 6.07. The Morgan fingerprint density at radius 3 is 1.97 bits per heavy atom. The predicted molar refractivity (Wildman–Crippen MR) is 122 cm³/mol. The number of hydrogen-bond acceptors (Lipinski definition) is 6. The summed E-state index contributed by atoms with van der Waals surface area (Å²) in [6.45, 7) is 3.53. The first-order valence-corrected chi connectivity index (χ1v) is 11.5. The molecule has 1 unspecified atom stereocenters. The van der Waals surface area contributed by atoms with Crippen LogP contribution in [0, 0.1) is 0 Å². The molecule has 0 aliphatic heterocycles. The Morgan fingerprint density at radius 1 is 0.800 bits per heavy atom. The molecule has 2 aromatic rings. The first-order chi connectivity index (χ1) is 16.7. The molecule has 0 fully saturated rings.